The van der Waals surface area contributed by atoms with Gasteiger partial charge >= 0.3 is 6.61 Å². The molecule has 4 nitrogen and oxygen atoms in total. The van der Waals surface area contributed by atoms with Crippen molar-refractivity contribution in [3.8, 4) is 11.5 Å². The Labute approximate surface area is 151 Å². The Bertz CT molecular complexity index is 754. The summed E-state index contributed by atoms with van der Waals surface area (Å²) in [5, 5.41) is 6.53. The lowest BCUT2D eigenvalue weighted by atomic mass is 10.1. The Morgan fingerprint density at radius 3 is 2.56 bits per heavy atom. The second-order valence-corrected chi connectivity index (χ2v) is 5.71. The van der Waals surface area contributed by atoms with Crippen molar-refractivity contribution in [3.05, 3.63) is 47.5 Å². The van der Waals surface area contributed by atoms with Gasteiger partial charge in [0.25, 0.3) is 0 Å². The van der Waals surface area contributed by atoms with Crippen LogP contribution in [0.15, 0.2) is 36.4 Å². The maximum Gasteiger partial charge on any atom is 0.387 e. The zero-order chi connectivity index (χ0) is 18.4. The SMILES string of the molecule is CCOc1cc(NC(=S)Nc2cccc(C)c2C)ccc1OC(F)F. The molecular formula is C18H20F2N2O2S. The Balaban J connectivity index is 2.12. The summed E-state index contributed by atoms with van der Waals surface area (Å²) in [6.45, 7) is 3.20. The molecule has 0 heterocycles. The Hall–Kier alpha value is -2.41. The molecule has 0 amide bonds. The van der Waals surface area contributed by atoms with E-state index < -0.39 is 6.61 Å². The lowest BCUT2D eigenvalue weighted by molar-refractivity contribution is -0.0514. The van der Waals surface area contributed by atoms with Crippen molar-refractivity contribution < 1.29 is 18.3 Å². The van der Waals surface area contributed by atoms with Crippen LogP contribution < -0.4 is 20.1 Å². The zero-order valence-electron chi connectivity index (χ0n) is 14.2. The highest BCUT2D eigenvalue weighted by atomic mass is 32.1. The minimum atomic E-state index is -2.91. The Morgan fingerprint density at radius 1 is 1.12 bits per heavy atom. The molecule has 25 heavy (non-hydrogen) atoms. The molecule has 7 heteroatoms. The predicted octanol–water partition coefficient (Wildman–Crippen LogP) is 5.11. The van der Waals surface area contributed by atoms with E-state index in [1.807, 2.05) is 32.0 Å². The van der Waals surface area contributed by atoms with Crippen molar-refractivity contribution in [2.24, 2.45) is 0 Å². The van der Waals surface area contributed by atoms with E-state index in [1.165, 1.54) is 6.07 Å². The molecular weight excluding hydrogens is 346 g/mol. The number of nitrogens with one attached hydrogen (secondary N) is 2. The minimum Gasteiger partial charge on any atom is -0.490 e. The van der Waals surface area contributed by atoms with Gasteiger partial charge in [-0.05, 0) is 62.3 Å². The molecule has 0 aromatic heterocycles. The van der Waals surface area contributed by atoms with Crippen LogP contribution in [0.4, 0.5) is 20.2 Å². The fourth-order valence-electron chi connectivity index (χ4n) is 2.22. The van der Waals surface area contributed by atoms with Gasteiger partial charge < -0.3 is 20.1 Å². The monoisotopic (exact) mass is 366 g/mol. The van der Waals surface area contributed by atoms with Gasteiger partial charge in [-0.3, -0.25) is 0 Å². The molecule has 2 N–H and O–H groups in total. The van der Waals surface area contributed by atoms with Crippen LogP contribution >= 0.6 is 12.2 Å². The number of thiocarbonyl (C=S) groups is 1. The quantitative estimate of drug-likeness (QED) is 0.695. The van der Waals surface area contributed by atoms with Crippen molar-refractivity contribution in [2.75, 3.05) is 17.2 Å². The van der Waals surface area contributed by atoms with E-state index in [-0.39, 0.29) is 11.5 Å². The maximum absolute atomic E-state index is 12.4. The van der Waals surface area contributed by atoms with E-state index in [1.54, 1.807) is 19.1 Å². The second-order valence-electron chi connectivity index (χ2n) is 5.30. The summed E-state index contributed by atoms with van der Waals surface area (Å²) in [6, 6.07) is 10.5. The molecule has 0 atom stereocenters. The molecule has 0 radical (unpaired) electrons. The highest BCUT2D eigenvalue weighted by molar-refractivity contribution is 7.80. The van der Waals surface area contributed by atoms with Gasteiger partial charge in [0.05, 0.1) is 6.61 Å². The highest BCUT2D eigenvalue weighted by Gasteiger charge is 2.12. The number of alkyl halides is 2. The molecule has 134 valence electrons. The summed E-state index contributed by atoms with van der Waals surface area (Å²) in [5.74, 6) is 0.207. The van der Waals surface area contributed by atoms with Crippen LogP contribution in [0, 0.1) is 13.8 Å². The second kappa shape index (κ2) is 8.62. The molecule has 2 rings (SSSR count). The summed E-state index contributed by atoms with van der Waals surface area (Å²) in [4.78, 5) is 0. The molecule has 0 spiro atoms. The number of hydrogen-bond acceptors (Lipinski definition) is 3. The molecule has 0 saturated heterocycles. The van der Waals surface area contributed by atoms with Crippen LogP contribution in [0.25, 0.3) is 0 Å². The molecule has 0 aliphatic carbocycles. The largest absolute Gasteiger partial charge is 0.490 e. The van der Waals surface area contributed by atoms with Gasteiger partial charge in [0.1, 0.15) is 0 Å². The van der Waals surface area contributed by atoms with Crippen molar-refractivity contribution in [1.82, 2.24) is 0 Å². The van der Waals surface area contributed by atoms with Crippen molar-refractivity contribution in [2.45, 2.75) is 27.4 Å². The number of halogens is 2. The van der Waals surface area contributed by atoms with Crippen LogP contribution in [0.5, 0.6) is 11.5 Å². The minimum absolute atomic E-state index is 0.0178. The first-order valence-corrected chi connectivity index (χ1v) is 8.17. The first kappa shape index (κ1) is 18.9. The molecule has 0 fully saturated rings. The highest BCUT2D eigenvalue weighted by Crippen LogP contribution is 2.32. The van der Waals surface area contributed by atoms with E-state index in [4.69, 9.17) is 17.0 Å². The molecule has 0 unspecified atom stereocenters. The number of aryl methyl sites for hydroxylation is 1. The van der Waals surface area contributed by atoms with Gasteiger partial charge in [0, 0.05) is 17.4 Å². The van der Waals surface area contributed by atoms with Gasteiger partial charge in [-0.15, -0.1) is 0 Å². The van der Waals surface area contributed by atoms with Gasteiger partial charge in [-0.2, -0.15) is 8.78 Å². The fraction of sp³-hybridized carbons (Fsp3) is 0.278. The van der Waals surface area contributed by atoms with E-state index in [2.05, 4.69) is 15.4 Å². The molecule has 2 aromatic carbocycles. The van der Waals surface area contributed by atoms with Crippen LogP contribution in [0.3, 0.4) is 0 Å². The molecule has 0 bridgehead atoms. The van der Waals surface area contributed by atoms with Crippen LogP contribution in [-0.2, 0) is 0 Å². The predicted molar refractivity (Wildman–Crippen MR) is 100 cm³/mol. The topological polar surface area (TPSA) is 42.5 Å². The fourth-order valence-corrected chi connectivity index (χ4v) is 2.45. The smallest absolute Gasteiger partial charge is 0.387 e. The number of hydrogen-bond donors (Lipinski definition) is 2. The third-order valence-electron chi connectivity index (χ3n) is 3.57. The van der Waals surface area contributed by atoms with Crippen LogP contribution in [0.2, 0.25) is 0 Å². The van der Waals surface area contributed by atoms with Crippen molar-refractivity contribution in [1.29, 1.82) is 0 Å². The summed E-state index contributed by atoms with van der Waals surface area (Å²) in [7, 11) is 0. The van der Waals surface area contributed by atoms with Crippen LogP contribution in [0.1, 0.15) is 18.1 Å². The van der Waals surface area contributed by atoms with Crippen LogP contribution in [-0.4, -0.2) is 18.3 Å². The maximum atomic E-state index is 12.4. The molecule has 0 saturated carbocycles. The summed E-state index contributed by atoms with van der Waals surface area (Å²) >= 11 is 5.32. The number of benzene rings is 2. The van der Waals surface area contributed by atoms with E-state index in [9.17, 15) is 8.78 Å². The average molecular weight is 366 g/mol. The Kier molecular flexibility index (Phi) is 6.52. The number of anilines is 2. The first-order chi connectivity index (χ1) is 11.9. The number of ether oxygens (including phenoxy) is 2. The Morgan fingerprint density at radius 2 is 1.88 bits per heavy atom. The summed E-state index contributed by atoms with van der Waals surface area (Å²) in [6.07, 6.45) is 0. The lowest BCUT2D eigenvalue weighted by Gasteiger charge is -2.16. The van der Waals surface area contributed by atoms with Gasteiger partial charge in [-0.25, -0.2) is 0 Å². The lowest BCUT2D eigenvalue weighted by Crippen LogP contribution is -2.20. The molecule has 0 aliphatic rings. The van der Waals surface area contributed by atoms with E-state index in [0.29, 0.717) is 17.4 Å². The summed E-state index contributed by atoms with van der Waals surface area (Å²) in [5.41, 5.74) is 3.76. The summed E-state index contributed by atoms with van der Waals surface area (Å²) < 4.78 is 34.7. The van der Waals surface area contributed by atoms with Gasteiger partial charge in [0.2, 0.25) is 0 Å². The third kappa shape index (κ3) is 5.29. The number of rotatable bonds is 6. The molecule has 2 aromatic rings. The van der Waals surface area contributed by atoms with E-state index in [0.717, 1.165) is 16.8 Å². The van der Waals surface area contributed by atoms with Crippen molar-refractivity contribution in [3.63, 3.8) is 0 Å². The third-order valence-corrected chi connectivity index (χ3v) is 3.77. The molecule has 0 aliphatic heterocycles. The standard InChI is InChI=1S/C18H20F2N2O2S/c1-4-23-16-10-13(8-9-15(16)24-17(19)20)21-18(25)22-14-7-5-6-11(2)12(14)3/h5-10,17H,4H2,1-3H3,(H2,21,22,25). The first-order valence-electron chi connectivity index (χ1n) is 7.76. The van der Waals surface area contributed by atoms with Gasteiger partial charge in [0.15, 0.2) is 16.6 Å². The normalized spacial score (nSPS) is 10.5. The van der Waals surface area contributed by atoms with Gasteiger partial charge in [-0.1, -0.05) is 12.1 Å². The van der Waals surface area contributed by atoms with E-state index >= 15 is 0 Å². The van der Waals surface area contributed by atoms with Crippen molar-refractivity contribution >= 4 is 28.7 Å². The average Bonchev–Trinajstić information content (AvgIpc) is 2.54. The zero-order valence-corrected chi connectivity index (χ0v) is 15.0.